The Kier molecular flexibility index (Phi) is 4.45. The van der Waals surface area contributed by atoms with Crippen molar-refractivity contribution in [2.24, 2.45) is 5.73 Å². The Hall–Kier alpha value is -1.52. The standard InChI is InChI=1S/C15H17FN2S/c1-18(12-8-6-11(16)7-9-12)14-4-3-5-15(19-2)13(14)10-17/h3-9H,10,17H2,1-2H3. The van der Waals surface area contributed by atoms with E-state index in [0.29, 0.717) is 6.54 Å². The predicted molar refractivity (Wildman–Crippen MR) is 80.6 cm³/mol. The maximum atomic E-state index is 13.0. The summed E-state index contributed by atoms with van der Waals surface area (Å²) in [5, 5.41) is 0. The summed E-state index contributed by atoms with van der Waals surface area (Å²) < 4.78 is 13.0. The number of nitrogens with two attached hydrogens (primary N) is 1. The van der Waals surface area contributed by atoms with Gasteiger partial charge in [-0.05, 0) is 42.7 Å². The second-order valence-electron chi connectivity index (χ2n) is 4.20. The van der Waals surface area contributed by atoms with Gasteiger partial charge < -0.3 is 10.6 Å². The minimum atomic E-state index is -0.228. The molecular formula is C15H17FN2S. The van der Waals surface area contributed by atoms with Crippen molar-refractivity contribution >= 4 is 23.1 Å². The highest BCUT2D eigenvalue weighted by Crippen LogP contribution is 2.32. The Morgan fingerprint density at radius 3 is 2.42 bits per heavy atom. The fourth-order valence-electron chi connectivity index (χ4n) is 2.07. The zero-order valence-corrected chi connectivity index (χ0v) is 11.9. The first kappa shape index (κ1) is 13.9. The molecule has 2 aromatic rings. The van der Waals surface area contributed by atoms with Gasteiger partial charge in [0.15, 0.2) is 0 Å². The van der Waals surface area contributed by atoms with Crippen molar-refractivity contribution in [2.75, 3.05) is 18.2 Å². The van der Waals surface area contributed by atoms with Crippen LogP contribution < -0.4 is 10.6 Å². The zero-order chi connectivity index (χ0) is 13.8. The molecule has 2 aromatic carbocycles. The summed E-state index contributed by atoms with van der Waals surface area (Å²) in [6.07, 6.45) is 2.04. The van der Waals surface area contributed by atoms with E-state index in [1.165, 1.54) is 17.0 Å². The molecular weight excluding hydrogens is 259 g/mol. The molecule has 0 spiro atoms. The van der Waals surface area contributed by atoms with Crippen LogP contribution in [0.3, 0.4) is 0 Å². The second-order valence-corrected chi connectivity index (χ2v) is 5.05. The molecule has 0 bridgehead atoms. The average Bonchev–Trinajstić information content (AvgIpc) is 2.46. The quantitative estimate of drug-likeness (QED) is 0.862. The van der Waals surface area contributed by atoms with Crippen LogP contribution in [0.25, 0.3) is 0 Å². The summed E-state index contributed by atoms with van der Waals surface area (Å²) in [5.74, 6) is -0.228. The van der Waals surface area contributed by atoms with E-state index in [9.17, 15) is 4.39 Å². The number of thioether (sulfide) groups is 1. The molecule has 0 aliphatic heterocycles. The smallest absolute Gasteiger partial charge is 0.123 e. The van der Waals surface area contributed by atoms with E-state index in [-0.39, 0.29) is 5.82 Å². The van der Waals surface area contributed by atoms with E-state index in [1.54, 1.807) is 23.9 Å². The van der Waals surface area contributed by atoms with Crippen LogP contribution in [0.5, 0.6) is 0 Å². The molecule has 0 aromatic heterocycles. The highest BCUT2D eigenvalue weighted by atomic mass is 32.2. The predicted octanol–water partition coefficient (Wildman–Crippen LogP) is 3.77. The van der Waals surface area contributed by atoms with Crippen LogP contribution in [0.2, 0.25) is 0 Å². The van der Waals surface area contributed by atoms with Gasteiger partial charge in [0, 0.05) is 35.4 Å². The van der Waals surface area contributed by atoms with Gasteiger partial charge in [-0.3, -0.25) is 0 Å². The number of anilines is 2. The topological polar surface area (TPSA) is 29.3 Å². The Morgan fingerprint density at radius 1 is 1.16 bits per heavy atom. The van der Waals surface area contributed by atoms with Crippen molar-refractivity contribution < 1.29 is 4.39 Å². The molecule has 0 aliphatic carbocycles. The molecule has 19 heavy (non-hydrogen) atoms. The van der Waals surface area contributed by atoms with Gasteiger partial charge in [0.2, 0.25) is 0 Å². The van der Waals surface area contributed by atoms with Crippen molar-refractivity contribution in [3.8, 4) is 0 Å². The van der Waals surface area contributed by atoms with Gasteiger partial charge in [-0.25, -0.2) is 4.39 Å². The molecule has 0 atom stereocenters. The van der Waals surface area contributed by atoms with Crippen LogP contribution in [0, 0.1) is 5.82 Å². The normalized spacial score (nSPS) is 10.5. The van der Waals surface area contributed by atoms with E-state index in [0.717, 1.165) is 16.9 Å². The molecule has 2 nitrogen and oxygen atoms in total. The first-order valence-electron chi connectivity index (χ1n) is 6.02. The summed E-state index contributed by atoms with van der Waals surface area (Å²) in [4.78, 5) is 3.20. The number of rotatable bonds is 4. The maximum absolute atomic E-state index is 13.0. The lowest BCUT2D eigenvalue weighted by atomic mass is 10.1. The summed E-state index contributed by atoms with van der Waals surface area (Å²) >= 11 is 1.68. The van der Waals surface area contributed by atoms with Crippen molar-refractivity contribution in [1.82, 2.24) is 0 Å². The van der Waals surface area contributed by atoms with Crippen molar-refractivity contribution in [3.05, 3.63) is 53.8 Å². The summed E-state index contributed by atoms with van der Waals surface area (Å²) in [6.45, 7) is 0.484. The Bertz CT molecular complexity index is 555. The fraction of sp³-hybridized carbons (Fsp3) is 0.200. The summed E-state index contributed by atoms with van der Waals surface area (Å²) in [7, 11) is 1.96. The number of halogens is 1. The zero-order valence-electron chi connectivity index (χ0n) is 11.1. The average molecular weight is 276 g/mol. The van der Waals surface area contributed by atoms with Gasteiger partial charge in [-0.2, -0.15) is 0 Å². The molecule has 0 amide bonds. The second kappa shape index (κ2) is 6.08. The molecule has 0 radical (unpaired) electrons. The van der Waals surface area contributed by atoms with Gasteiger partial charge in [-0.1, -0.05) is 6.07 Å². The third kappa shape index (κ3) is 2.91. The molecule has 0 unspecified atom stereocenters. The van der Waals surface area contributed by atoms with Gasteiger partial charge in [0.1, 0.15) is 5.82 Å². The molecule has 0 fully saturated rings. The molecule has 2 N–H and O–H groups in total. The molecule has 4 heteroatoms. The minimum Gasteiger partial charge on any atom is -0.344 e. The molecule has 100 valence electrons. The molecule has 0 saturated heterocycles. The Balaban J connectivity index is 2.43. The van der Waals surface area contributed by atoms with E-state index < -0.39 is 0 Å². The summed E-state index contributed by atoms with van der Waals surface area (Å²) in [5.41, 5.74) is 8.98. The third-order valence-electron chi connectivity index (χ3n) is 3.11. The lowest BCUT2D eigenvalue weighted by Crippen LogP contribution is -2.14. The number of hydrogen-bond acceptors (Lipinski definition) is 3. The van der Waals surface area contributed by atoms with Crippen LogP contribution in [-0.2, 0) is 6.54 Å². The van der Waals surface area contributed by atoms with Crippen LogP contribution in [0.15, 0.2) is 47.4 Å². The summed E-state index contributed by atoms with van der Waals surface area (Å²) in [6, 6.07) is 12.6. The lowest BCUT2D eigenvalue weighted by Gasteiger charge is -2.23. The number of hydrogen-bond donors (Lipinski definition) is 1. The molecule has 2 rings (SSSR count). The SMILES string of the molecule is CSc1cccc(N(C)c2ccc(F)cc2)c1CN. The van der Waals surface area contributed by atoms with Crippen LogP contribution in [0.1, 0.15) is 5.56 Å². The third-order valence-corrected chi connectivity index (χ3v) is 3.93. The first-order chi connectivity index (χ1) is 9.17. The largest absolute Gasteiger partial charge is 0.344 e. The van der Waals surface area contributed by atoms with Crippen LogP contribution in [-0.4, -0.2) is 13.3 Å². The van der Waals surface area contributed by atoms with E-state index in [2.05, 4.69) is 6.07 Å². The minimum absolute atomic E-state index is 0.228. The lowest BCUT2D eigenvalue weighted by molar-refractivity contribution is 0.628. The van der Waals surface area contributed by atoms with Crippen molar-refractivity contribution in [2.45, 2.75) is 11.4 Å². The Labute approximate surface area is 117 Å². The van der Waals surface area contributed by atoms with Crippen LogP contribution in [0.4, 0.5) is 15.8 Å². The van der Waals surface area contributed by atoms with Crippen molar-refractivity contribution in [1.29, 1.82) is 0 Å². The highest BCUT2D eigenvalue weighted by molar-refractivity contribution is 7.98. The first-order valence-corrected chi connectivity index (χ1v) is 7.25. The van der Waals surface area contributed by atoms with E-state index >= 15 is 0 Å². The van der Waals surface area contributed by atoms with Crippen molar-refractivity contribution in [3.63, 3.8) is 0 Å². The Morgan fingerprint density at radius 2 is 1.84 bits per heavy atom. The fourth-order valence-corrected chi connectivity index (χ4v) is 2.72. The van der Waals surface area contributed by atoms with E-state index in [4.69, 9.17) is 5.73 Å². The van der Waals surface area contributed by atoms with Crippen LogP contribution >= 0.6 is 11.8 Å². The van der Waals surface area contributed by atoms with Gasteiger partial charge in [-0.15, -0.1) is 11.8 Å². The molecule has 0 saturated carbocycles. The van der Waals surface area contributed by atoms with Gasteiger partial charge in [0.25, 0.3) is 0 Å². The molecule has 0 aliphatic rings. The highest BCUT2D eigenvalue weighted by Gasteiger charge is 2.11. The monoisotopic (exact) mass is 276 g/mol. The number of benzene rings is 2. The van der Waals surface area contributed by atoms with Gasteiger partial charge >= 0.3 is 0 Å². The van der Waals surface area contributed by atoms with Gasteiger partial charge in [0.05, 0.1) is 0 Å². The van der Waals surface area contributed by atoms with E-state index in [1.807, 2.05) is 30.3 Å². The number of nitrogens with zero attached hydrogens (tertiary/aromatic N) is 1. The molecule has 0 heterocycles. The maximum Gasteiger partial charge on any atom is 0.123 e.